The third-order valence-corrected chi connectivity index (χ3v) is 6.81. The summed E-state index contributed by atoms with van der Waals surface area (Å²) in [6.45, 7) is 1.48. The van der Waals surface area contributed by atoms with E-state index in [1.807, 2.05) is 6.92 Å². The minimum atomic E-state index is -2.82. The Balaban J connectivity index is 1.49. The van der Waals surface area contributed by atoms with Crippen LogP contribution in [0.25, 0.3) is 5.57 Å². The molecular formula is C26H28F3N5O2. The number of anilines is 1. The highest BCUT2D eigenvalue weighted by Gasteiger charge is 2.52. The van der Waals surface area contributed by atoms with Crippen LogP contribution in [0, 0.1) is 29.5 Å². The molecule has 1 aliphatic carbocycles. The number of pyridine rings is 1. The van der Waals surface area contributed by atoms with Crippen LogP contribution >= 0.6 is 0 Å². The van der Waals surface area contributed by atoms with Crippen LogP contribution in [0.15, 0.2) is 36.5 Å². The van der Waals surface area contributed by atoms with Crippen molar-refractivity contribution in [2.75, 3.05) is 11.4 Å². The van der Waals surface area contributed by atoms with E-state index in [-0.39, 0.29) is 34.7 Å². The maximum atomic E-state index is 14.2. The molecule has 0 radical (unpaired) electrons. The number of hydrogen-bond acceptors (Lipinski definition) is 5. The zero-order valence-corrected chi connectivity index (χ0v) is 20.1. The summed E-state index contributed by atoms with van der Waals surface area (Å²) >= 11 is 0. The molecule has 2 heterocycles. The summed E-state index contributed by atoms with van der Waals surface area (Å²) in [4.78, 5) is 32.1. The van der Waals surface area contributed by atoms with Gasteiger partial charge in [0.1, 0.15) is 11.5 Å². The number of nitrogens with one attached hydrogen (secondary N) is 3. The summed E-state index contributed by atoms with van der Waals surface area (Å²) in [5, 5.41) is 11.9. The molecule has 1 aromatic heterocycles. The molecule has 10 heteroatoms. The first kappa shape index (κ1) is 25.4. The van der Waals surface area contributed by atoms with E-state index in [0.717, 1.165) is 37.7 Å². The molecule has 2 aromatic rings. The van der Waals surface area contributed by atoms with E-state index in [9.17, 15) is 22.8 Å². The summed E-state index contributed by atoms with van der Waals surface area (Å²) in [6.07, 6.45) is 4.68. The Kier molecular flexibility index (Phi) is 7.14. The van der Waals surface area contributed by atoms with E-state index >= 15 is 0 Å². The number of halogens is 3. The molecule has 3 N–H and O–H groups in total. The van der Waals surface area contributed by atoms with Crippen molar-refractivity contribution in [1.29, 1.82) is 5.41 Å². The van der Waals surface area contributed by atoms with E-state index in [2.05, 4.69) is 10.3 Å². The molecule has 190 valence electrons. The van der Waals surface area contributed by atoms with Crippen LogP contribution in [-0.2, 0) is 11.3 Å². The highest BCUT2D eigenvalue weighted by Crippen LogP contribution is 2.51. The lowest BCUT2D eigenvalue weighted by Crippen LogP contribution is -2.34. The number of aromatic nitrogens is 1. The lowest BCUT2D eigenvalue weighted by Gasteiger charge is -2.23. The van der Waals surface area contributed by atoms with Crippen LogP contribution in [0.5, 0.6) is 0 Å². The normalized spacial score (nSPS) is 20.1. The van der Waals surface area contributed by atoms with Crippen LogP contribution in [0.1, 0.15) is 53.5 Å². The minimum Gasteiger partial charge on any atom is -0.347 e. The summed E-state index contributed by atoms with van der Waals surface area (Å²) in [7, 11) is 0. The van der Waals surface area contributed by atoms with Gasteiger partial charge in [-0.05, 0) is 73.6 Å². The molecule has 0 spiro atoms. The van der Waals surface area contributed by atoms with Crippen molar-refractivity contribution < 1.29 is 22.8 Å². The number of aryl methyl sites for hydroxylation is 1. The van der Waals surface area contributed by atoms with Crippen molar-refractivity contribution >= 4 is 29.3 Å². The smallest absolute Gasteiger partial charge is 0.312 e. The van der Waals surface area contributed by atoms with Crippen molar-refractivity contribution in [2.45, 2.75) is 46.2 Å². The largest absolute Gasteiger partial charge is 0.347 e. The molecular weight excluding hydrogens is 471 g/mol. The zero-order valence-electron chi connectivity index (χ0n) is 20.1. The molecule has 1 atom stereocenters. The summed E-state index contributed by atoms with van der Waals surface area (Å²) < 4.78 is 39.1. The molecule has 1 saturated heterocycles. The van der Waals surface area contributed by atoms with Gasteiger partial charge in [0.25, 0.3) is 5.91 Å². The van der Waals surface area contributed by atoms with Gasteiger partial charge < -0.3 is 20.9 Å². The predicted octanol–water partition coefficient (Wildman–Crippen LogP) is 4.41. The van der Waals surface area contributed by atoms with Gasteiger partial charge in [0, 0.05) is 42.5 Å². The second-order valence-corrected chi connectivity index (χ2v) is 9.49. The number of hydrogen-bond donors (Lipinski definition) is 3. The van der Waals surface area contributed by atoms with Gasteiger partial charge in [-0.25, -0.2) is 9.37 Å². The van der Waals surface area contributed by atoms with Gasteiger partial charge in [0.05, 0.1) is 5.41 Å². The van der Waals surface area contributed by atoms with Gasteiger partial charge >= 0.3 is 6.55 Å². The van der Waals surface area contributed by atoms with Gasteiger partial charge in [-0.1, -0.05) is 6.92 Å². The highest BCUT2D eigenvalue weighted by atomic mass is 19.3. The number of nitrogens with zero attached hydrogens (tertiary/aromatic N) is 2. The van der Waals surface area contributed by atoms with E-state index in [1.54, 1.807) is 29.3 Å². The number of carbonyl (C=O) groups is 2. The maximum Gasteiger partial charge on any atom is 0.312 e. The predicted molar refractivity (Wildman–Crippen MR) is 130 cm³/mol. The van der Waals surface area contributed by atoms with Crippen molar-refractivity contribution in [3.63, 3.8) is 0 Å². The quantitative estimate of drug-likeness (QED) is 0.352. The van der Waals surface area contributed by atoms with Gasteiger partial charge in [-0.15, -0.1) is 0 Å². The Morgan fingerprint density at radius 1 is 1.28 bits per heavy atom. The molecule has 1 saturated carbocycles. The fourth-order valence-electron chi connectivity index (χ4n) is 4.68. The number of alkyl halides is 2. The van der Waals surface area contributed by atoms with Crippen LogP contribution < -0.4 is 15.5 Å². The maximum absolute atomic E-state index is 14.2. The molecule has 2 aliphatic rings. The summed E-state index contributed by atoms with van der Waals surface area (Å²) in [5.74, 6) is -0.634. The fraction of sp³-hybridized carbons (Fsp3) is 0.385. The van der Waals surface area contributed by atoms with Crippen LogP contribution in [0.4, 0.5) is 18.9 Å². The minimum absolute atomic E-state index is 0.0511. The SMILES string of the molecule is Cc1cc(N2CC[C@@](C)(C3CC3)C2=O)cc(C(=O)NCc2cc(F)cc(/C(C=N)=C/NC(F)F)c2)n1. The second kappa shape index (κ2) is 10.1. The van der Waals surface area contributed by atoms with Gasteiger partial charge in [0.2, 0.25) is 5.91 Å². The average Bonchev–Trinajstić information content (AvgIpc) is 3.64. The standard InChI is InChI=1S/C26H28F3N5O2/c1-15-7-21(34-6-5-26(2,24(34)36)19-3-4-19)11-22(33-15)23(35)31-13-16-8-17(10-20(27)9-16)18(12-30)14-32-25(28)29/h7-12,14,19,25,30,32H,3-6,13H2,1-2H3,(H,31,35)/b18-14+,30-12?/t26-/m0/s1. The molecule has 4 rings (SSSR count). The van der Waals surface area contributed by atoms with Gasteiger partial charge in [-0.3, -0.25) is 9.59 Å². The van der Waals surface area contributed by atoms with Crippen LogP contribution in [0.3, 0.4) is 0 Å². The summed E-state index contributed by atoms with van der Waals surface area (Å²) in [6, 6.07) is 7.20. The fourth-order valence-corrected chi connectivity index (χ4v) is 4.68. The van der Waals surface area contributed by atoms with Crippen molar-refractivity contribution in [2.24, 2.45) is 11.3 Å². The van der Waals surface area contributed by atoms with Crippen LogP contribution in [-0.4, -0.2) is 36.1 Å². The number of benzene rings is 1. The molecule has 0 unspecified atom stereocenters. The number of amides is 2. The lowest BCUT2D eigenvalue weighted by molar-refractivity contribution is -0.125. The lowest BCUT2D eigenvalue weighted by atomic mass is 9.83. The Morgan fingerprint density at radius 2 is 2.03 bits per heavy atom. The Bertz CT molecular complexity index is 1230. The first-order chi connectivity index (χ1) is 17.1. The summed E-state index contributed by atoms with van der Waals surface area (Å²) in [5.41, 5.74) is 1.64. The Hall–Kier alpha value is -3.69. The molecule has 36 heavy (non-hydrogen) atoms. The van der Waals surface area contributed by atoms with E-state index in [1.165, 1.54) is 12.1 Å². The molecule has 1 aromatic carbocycles. The zero-order chi connectivity index (χ0) is 26.0. The van der Waals surface area contributed by atoms with Crippen molar-refractivity contribution in [3.05, 3.63) is 64.9 Å². The van der Waals surface area contributed by atoms with Gasteiger partial charge in [0.15, 0.2) is 0 Å². The monoisotopic (exact) mass is 499 g/mol. The first-order valence-electron chi connectivity index (χ1n) is 11.7. The van der Waals surface area contributed by atoms with E-state index in [0.29, 0.717) is 29.4 Å². The van der Waals surface area contributed by atoms with Gasteiger partial charge in [-0.2, -0.15) is 8.78 Å². The molecule has 7 nitrogen and oxygen atoms in total. The number of carbonyl (C=O) groups excluding carboxylic acids is 2. The molecule has 2 amide bonds. The Labute approximate surface area is 207 Å². The first-order valence-corrected chi connectivity index (χ1v) is 11.7. The topological polar surface area (TPSA) is 98.2 Å². The van der Waals surface area contributed by atoms with E-state index in [4.69, 9.17) is 5.41 Å². The van der Waals surface area contributed by atoms with Crippen molar-refractivity contribution in [3.8, 4) is 0 Å². The average molecular weight is 500 g/mol. The van der Waals surface area contributed by atoms with Crippen LogP contribution in [0.2, 0.25) is 0 Å². The Morgan fingerprint density at radius 3 is 2.69 bits per heavy atom. The third-order valence-electron chi connectivity index (χ3n) is 6.81. The molecule has 0 bridgehead atoms. The molecule has 1 aliphatic heterocycles. The van der Waals surface area contributed by atoms with E-state index < -0.39 is 18.3 Å². The van der Waals surface area contributed by atoms with Crippen molar-refractivity contribution in [1.82, 2.24) is 15.6 Å². The molecule has 2 fully saturated rings. The highest BCUT2D eigenvalue weighted by molar-refractivity contribution is 6.08. The number of allylic oxidation sites excluding steroid dienone is 1. The second-order valence-electron chi connectivity index (χ2n) is 9.49. The number of rotatable bonds is 9. The third kappa shape index (κ3) is 5.42.